The van der Waals surface area contributed by atoms with E-state index in [0.717, 1.165) is 11.8 Å². The van der Waals surface area contributed by atoms with Gasteiger partial charge in [0.05, 0.1) is 0 Å². The Labute approximate surface area is 75.7 Å². The van der Waals surface area contributed by atoms with Crippen molar-refractivity contribution < 1.29 is 0 Å². The molecule has 1 saturated carbocycles. The average Bonchev–Trinajstić information content (AvgIpc) is 2.04. The zero-order valence-corrected chi connectivity index (χ0v) is 8.29. The third kappa shape index (κ3) is 2.46. The van der Waals surface area contributed by atoms with E-state index < -0.39 is 0 Å². The summed E-state index contributed by atoms with van der Waals surface area (Å²) >= 11 is 0. The van der Waals surface area contributed by atoms with Gasteiger partial charge in [-0.1, -0.05) is 0 Å². The SMILES string of the molecule is CC(N)C1CCC(C(C)N)CC1. The van der Waals surface area contributed by atoms with Crippen LogP contribution in [0.5, 0.6) is 0 Å². The van der Waals surface area contributed by atoms with E-state index in [4.69, 9.17) is 11.5 Å². The van der Waals surface area contributed by atoms with E-state index in [9.17, 15) is 0 Å². The van der Waals surface area contributed by atoms with Gasteiger partial charge in [0.2, 0.25) is 0 Å². The van der Waals surface area contributed by atoms with Crippen LogP contribution in [0, 0.1) is 11.8 Å². The fraction of sp³-hybridized carbons (Fsp3) is 1.00. The molecule has 1 aliphatic rings. The van der Waals surface area contributed by atoms with Crippen LogP contribution in [-0.2, 0) is 0 Å². The van der Waals surface area contributed by atoms with Crippen LogP contribution in [0.1, 0.15) is 39.5 Å². The molecule has 0 aromatic rings. The topological polar surface area (TPSA) is 52.0 Å². The van der Waals surface area contributed by atoms with Crippen LogP contribution < -0.4 is 11.5 Å². The second kappa shape index (κ2) is 4.24. The standard InChI is InChI=1S/C10H22N2/c1-7(11)9-3-5-10(6-4-9)8(2)12/h7-10H,3-6,11-12H2,1-2H3. The van der Waals surface area contributed by atoms with Gasteiger partial charge in [-0.05, 0) is 51.4 Å². The smallest absolute Gasteiger partial charge is 0.00387 e. The number of hydrogen-bond donors (Lipinski definition) is 2. The third-order valence-corrected chi connectivity index (χ3v) is 3.30. The Hall–Kier alpha value is -0.0800. The van der Waals surface area contributed by atoms with E-state index in [2.05, 4.69) is 13.8 Å². The van der Waals surface area contributed by atoms with Gasteiger partial charge in [0.1, 0.15) is 0 Å². The molecule has 0 bridgehead atoms. The largest absolute Gasteiger partial charge is 0.328 e. The lowest BCUT2D eigenvalue weighted by Gasteiger charge is -2.32. The first kappa shape index (κ1) is 10.0. The van der Waals surface area contributed by atoms with Crippen molar-refractivity contribution in [3.63, 3.8) is 0 Å². The van der Waals surface area contributed by atoms with Crippen molar-refractivity contribution in [2.75, 3.05) is 0 Å². The molecule has 0 saturated heterocycles. The molecule has 2 atom stereocenters. The molecule has 4 N–H and O–H groups in total. The highest BCUT2D eigenvalue weighted by atomic mass is 14.7. The molecule has 72 valence electrons. The Morgan fingerprint density at radius 1 is 0.833 bits per heavy atom. The molecular weight excluding hydrogens is 148 g/mol. The first-order valence-corrected chi connectivity index (χ1v) is 5.12. The van der Waals surface area contributed by atoms with Gasteiger partial charge in [-0.2, -0.15) is 0 Å². The van der Waals surface area contributed by atoms with Gasteiger partial charge >= 0.3 is 0 Å². The van der Waals surface area contributed by atoms with Crippen molar-refractivity contribution in [1.29, 1.82) is 0 Å². The molecule has 0 spiro atoms. The second-order valence-electron chi connectivity index (χ2n) is 4.39. The molecule has 0 aromatic carbocycles. The Morgan fingerprint density at radius 2 is 1.08 bits per heavy atom. The average molecular weight is 170 g/mol. The van der Waals surface area contributed by atoms with Gasteiger partial charge in [-0.3, -0.25) is 0 Å². The maximum absolute atomic E-state index is 5.86. The van der Waals surface area contributed by atoms with Crippen LogP contribution in [0.2, 0.25) is 0 Å². The van der Waals surface area contributed by atoms with Gasteiger partial charge in [0.25, 0.3) is 0 Å². The summed E-state index contributed by atoms with van der Waals surface area (Å²) in [6.07, 6.45) is 5.13. The highest BCUT2D eigenvalue weighted by Crippen LogP contribution is 2.31. The van der Waals surface area contributed by atoms with Gasteiger partial charge in [0, 0.05) is 12.1 Å². The predicted molar refractivity (Wildman–Crippen MR) is 52.7 cm³/mol. The van der Waals surface area contributed by atoms with Crippen LogP contribution in [0.15, 0.2) is 0 Å². The van der Waals surface area contributed by atoms with Gasteiger partial charge in [-0.15, -0.1) is 0 Å². The minimum atomic E-state index is 0.374. The Morgan fingerprint density at radius 3 is 1.25 bits per heavy atom. The van der Waals surface area contributed by atoms with Gasteiger partial charge < -0.3 is 11.5 Å². The summed E-state index contributed by atoms with van der Waals surface area (Å²) in [5, 5.41) is 0. The van der Waals surface area contributed by atoms with Crippen molar-refractivity contribution in [2.24, 2.45) is 23.3 Å². The van der Waals surface area contributed by atoms with Gasteiger partial charge in [-0.25, -0.2) is 0 Å². The molecular formula is C10H22N2. The molecule has 2 heteroatoms. The molecule has 1 rings (SSSR count). The van der Waals surface area contributed by atoms with Crippen molar-refractivity contribution in [2.45, 2.75) is 51.6 Å². The van der Waals surface area contributed by atoms with Crippen LogP contribution in [-0.4, -0.2) is 12.1 Å². The Bertz CT molecular complexity index is 108. The maximum atomic E-state index is 5.86. The van der Waals surface area contributed by atoms with E-state index in [1.54, 1.807) is 0 Å². The zero-order valence-electron chi connectivity index (χ0n) is 8.29. The normalized spacial score (nSPS) is 36.0. The summed E-state index contributed by atoms with van der Waals surface area (Å²) < 4.78 is 0. The maximum Gasteiger partial charge on any atom is 0.00387 e. The molecule has 0 aromatic heterocycles. The number of rotatable bonds is 2. The lowest BCUT2D eigenvalue weighted by molar-refractivity contribution is 0.229. The van der Waals surface area contributed by atoms with E-state index in [0.29, 0.717) is 12.1 Å². The molecule has 1 fully saturated rings. The Balaban J connectivity index is 2.30. The lowest BCUT2D eigenvalue weighted by Crippen LogP contribution is -2.35. The number of nitrogens with two attached hydrogens (primary N) is 2. The first-order chi connectivity index (χ1) is 5.61. The molecule has 2 unspecified atom stereocenters. The van der Waals surface area contributed by atoms with Crippen LogP contribution in [0.25, 0.3) is 0 Å². The molecule has 1 aliphatic carbocycles. The second-order valence-corrected chi connectivity index (χ2v) is 4.39. The molecule has 0 radical (unpaired) electrons. The highest BCUT2D eigenvalue weighted by Gasteiger charge is 2.25. The van der Waals surface area contributed by atoms with E-state index in [1.165, 1.54) is 25.7 Å². The van der Waals surface area contributed by atoms with Gasteiger partial charge in [0.15, 0.2) is 0 Å². The van der Waals surface area contributed by atoms with Crippen molar-refractivity contribution in [1.82, 2.24) is 0 Å². The quantitative estimate of drug-likeness (QED) is 0.659. The third-order valence-electron chi connectivity index (χ3n) is 3.30. The summed E-state index contributed by atoms with van der Waals surface area (Å²) in [4.78, 5) is 0. The van der Waals surface area contributed by atoms with Crippen LogP contribution >= 0.6 is 0 Å². The van der Waals surface area contributed by atoms with E-state index in [1.807, 2.05) is 0 Å². The zero-order chi connectivity index (χ0) is 9.14. The summed E-state index contributed by atoms with van der Waals surface area (Å²) in [6, 6.07) is 0.748. The summed E-state index contributed by atoms with van der Waals surface area (Å²) in [5.74, 6) is 1.50. The van der Waals surface area contributed by atoms with Crippen molar-refractivity contribution >= 4 is 0 Å². The van der Waals surface area contributed by atoms with E-state index >= 15 is 0 Å². The summed E-state index contributed by atoms with van der Waals surface area (Å²) in [7, 11) is 0. The first-order valence-electron chi connectivity index (χ1n) is 5.12. The lowest BCUT2D eigenvalue weighted by atomic mass is 9.77. The fourth-order valence-corrected chi connectivity index (χ4v) is 2.20. The fourth-order valence-electron chi connectivity index (χ4n) is 2.20. The number of hydrogen-bond acceptors (Lipinski definition) is 2. The highest BCUT2D eigenvalue weighted by molar-refractivity contribution is 4.80. The Kier molecular flexibility index (Phi) is 3.53. The van der Waals surface area contributed by atoms with Crippen molar-refractivity contribution in [3.05, 3.63) is 0 Å². The minimum Gasteiger partial charge on any atom is -0.328 e. The summed E-state index contributed by atoms with van der Waals surface area (Å²) in [6.45, 7) is 4.24. The molecule has 0 aliphatic heterocycles. The minimum absolute atomic E-state index is 0.374. The molecule has 2 nitrogen and oxygen atoms in total. The molecule has 0 amide bonds. The monoisotopic (exact) mass is 170 g/mol. The van der Waals surface area contributed by atoms with E-state index in [-0.39, 0.29) is 0 Å². The predicted octanol–water partition coefficient (Wildman–Crippen LogP) is 1.49. The summed E-state index contributed by atoms with van der Waals surface area (Å²) in [5.41, 5.74) is 11.7. The molecule has 12 heavy (non-hydrogen) atoms. The van der Waals surface area contributed by atoms with Crippen LogP contribution in [0.4, 0.5) is 0 Å². The molecule has 0 heterocycles. The van der Waals surface area contributed by atoms with Crippen LogP contribution in [0.3, 0.4) is 0 Å². The van der Waals surface area contributed by atoms with Crippen molar-refractivity contribution in [3.8, 4) is 0 Å².